The molecule has 0 saturated carbocycles. The van der Waals surface area contributed by atoms with Crippen LogP contribution in [0.5, 0.6) is 0 Å². The molecule has 0 aliphatic rings. The summed E-state index contributed by atoms with van der Waals surface area (Å²) >= 11 is 0. The standard InChI is InChI=1S/C28H34/c1-27(2,3)24-16-12-22(13-17-24)26(20-21-10-8-7-9-11-21)23-14-18-25(19-15-23)28(4,5)6/h7-19,26H,20H2,1-6H3. The van der Waals surface area contributed by atoms with Crippen LogP contribution in [0.1, 0.15) is 75.3 Å². The molecule has 0 saturated heterocycles. The second-order valence-corrected chi connectivity index (χ2v) is 9.99. The predicted octanol–water partition coefficient (Wildman–Crippen LogP) is 7.66. The van der Waals surface area contributed by atoms with Gasteiger partial charge >= 0.3 is 0 Å². The van der Waals surface area contributed by atoms with Gasteiger partial charge in [0.25, 0.3) is 0 Å². The number of benzene rings is 3. The Hall–Kier alpha value is -2.34. The van der Waals surface area contributed by atoms with Gasteiger partial charge in [-0.15, -0.1) is 0 Å². The third-order valence-electron chi connectivity index (χ3n) is 5.64. The molecule has 0 radical (unpaired) electrons. The van der Waals surface area contributed by atoms with Gasteiger partial charge in [0.05, 0.1) is 0 Å². The minimum Gasteiger partial charge on any atom is -0.0622 e. The largest absolute Gasteiger partial charge is 0.0622 e. The minimum absolute atomic E-state index is 0.182. The quantitative estimate of drug-likeness (QED) is 0.442. The molecule has 0 unspecified atom stereocenters. The zero-order chi connectivity index (χ0) is 20.4. The Morgan fingerprint density at radius 3 is 1.29 bits per heavy atom. The predicted molar refractivity (Wildman–Crippen MR) is 122 cm³/mol. The van der Waals surface area contributed by atoms with Crippen molar-refractivity contribution in [2.75, 3.05) is 0 Å². The average Bonchev–Trinajstić information content (AvgIpc) is 2.66. The van der Waals surface area contributed by atoms with Crippen LogP contribution in [-0.4, -0.2) is 0 Å². The van der Waals surface area contributed by atoms with Crippen LogP contribution >= 0.6 is 0 Å². The van der Waals surface area contributed by atoms with Gasteiger partial charge in [-0.25, -0.2) is 0 Å². The fourth-order valence-electron chi connectivity index (χ4n) is 3.71. The SMILES string of the molecule is CC(C)(C)c1ccc(C(Cc2ccccc2)c2ccc(C(C)(C)C)cc2)cc1. The summed E-state index contributed by atoms with van der Waals surface area (Å²) in [5.41, 5.74) is 7.30. The van der Waals surface area contributed by atoms with Crippen LogP contribution < -0.4 is 0 Å². The molecule has 0 fully saturated rings. The molecule has 0 heterocycles. The molecule has 0 bridgehead atoms. The molecule has 28 heavy (non-hydrogen) atoms. The van der Waals surface area contributed by atoms with Crippen molar-refractivity contribution in [3.63, 3.8) is 0 Å². The highest BCUT2D eigenvalue weighted by Gasteiger charge is 2.19. The molecule has 3 aromatic carbocycles. The second-order valence-electron chi connectivity index (χ2n) is 9.99. The lowest BCUT2D eigenvalue weighted by Gasteiger charge is -2.24. The molecule has 0 aliphatic carbocycles. The highest BCUT2D eigenvalue weighted by Crippen LogP contribution is 2.32. The summed E-state index contributed by atoms with van der Waals surface area (Å²) in [5.74, 6) is 0.366. The van der Waals surface area contributed by atoms with E-state index in [1.165, 1.54) is 27.8 Å². The van der Waals surface area contributed by atoms with Crippen molar-refractivity contribution in [3.05, 3.63) is 107 Å². The van der Waals surface area contributed by atoms with Crippen molar-refractivity contribution >= 4 is 0 Å². The van der Waals surface area contributed by atoms with Gasteiger partial charge in [0.2, 0.25) is 0 Å². The maximum Gasteiger partial charge on any atom is 0.0130 e. The van der Waals surface area contributed by atoms with E-state index in [1.54, 1.807) is 0 Å². The summed E-state index contributed by atoms with van der Waals surface area (Å²) in [6.07, 6.45) is 1.02. The molecule has 0 atom stereocenters. The zero-order valence-corrected chi connectivity index (χ0v) is 18.3. The summed E-state index contributed by atoms with van der Waals surface area (Å²) in [5, 5.41) is 0. The van der Waals surface area contributed by atoms with E-state index in [4.69, 9.17) is 0 Å². The average molecular weight is 371 g/mol. The lowest BCUT2D eigenvalue weighted by molar-refractivity contribution is 0.589. The van der Waals surface area contributed by atoms with Gasteiger partial charge in [0.15, 0.2) is 0 Å². The van der Waals surface area contributed by atoms with Gasteiger partial charge in [0, 0.05) is 5.92 Å². The first-order valence-corrected chi connectivity index (χ1v) is 10.4. The van der Waals surface area contributed by atoms with E-state index in [0.717, 1.165) is 6.42 Å². The van der Waals surface area contributed by atoms with Gasteiger partial charge < -0.3 is 0 Å². The van der Waals surface area contributed by atoms with E-state index < -0.39 is 0 Å². The maximum absolute atomic E-state index is 2.33. The van der Waals surface area contributed by atoms with Gasteiger partial charge in [-0.05, 0) is 45.1 Å². The van der Waals surface area contributed by atoms with Crippen LogP contribution in [0, 0.1) is 0 Å². The smallest absolute Gasteiger partial charge is 0.0130 e. The van der Waals surface area contributed by atoms with E-state index >= 15 is 0 Å². The van der Waals surface area contributed by atoms with Gasteiger partial charge in [-0.3, -0.25) is 0 Å². The summed E-state index contributed by atoms with van der Waals surface area (Å²) in [7, 11) is 0. The van der Waals surface area contributed by atoms with E-state index in [1.807, 2.05) is 0 Å². The Kier molecular flexibility index (Phi) is 5.79. The molecule has 3 rings (SSSR count). The highest BCUT2D eigenvalue weighted by molar-refractivity contribution is 5.39. The molecule has 3 aromatic rings. The topological polar surface area (TPSA) is 0 Å². The van der Waals surface area contributed by atoms with Crippen LogP contribution in [0.15, 0.2) is 78.9 Å². The summed E-state index contributed by atoms with van der Waals surface area (Å²) in [6.45, 7) is 13.6. The Bertz CT molecular complexity index is 813. The molecule has 0 heteroatoms. The van der Waals surface area contributed by atoms with Crippen LogP contribution in [-0.2, 0) is 17.3 Å². The number of rotatable bonds is 4. The molecule has 0 nitrogen and oxygen atoms in total. The van der Waals surface area contributed by atoms with E-state index in [9.17, 15) is 0 Å². The molecule has 0 aliphatic heterocycles. The van der Waals surface area contributed by atoms with Crippen LogP contribution in [0.4, 0.5) is 0 Å². The molecular weight excluding hydrogens is 336 g/mol. The van der Waals surface area contributed by atoms with Crippen molar-refractivity contribution in [2.24, 2.45) is 0 Å². The zero-order valence-electron chi connectivity index (χ0n) is 18.3. The van der Waals surface area contributed by atoms with Crippen molar-refractivity contribution in [2.45, 2.75) is 64.7 Å². The van der Waals surface area contributed by atoms with E-state index in [2.05, 4.69) is 120 Å². The Morgan fingerprint density at radius 2 is 0.929 bits per heavy atom. The minimum atomic E-state index is 0.182. The van der Waals surface area contributed by atoms with Gasteiger partial charge in [-0.1, -0.05) is 120 Å². The van der Waals surface area contributed by atoms with Crippen LogP contribution in [0.25, 0.3) is 0 Å². The third-order valence-corrected chi connectivity index (χ3v) is 5.64. The monoisotopic (exact) mass is 370 g/mol. The fourth-order valence-corrected chi connectivity index (χ4v) is 3.71. The van der Waals surface area contributed by atoms with Crippen LogP contribution in [0.2, 0.25) is 0 Å². The molecule has 0 spiro atoms. The summed E-state index contributed by atoms with van der Waals surface area (Å²) in [4.78, 5) is 0. The molecule has 0 aromatic heterocycles. The number of hydrogen-bond acceptors (Lipinski definition) is 0. The first-order valence-electron chi connectivity index (χ1n) is 10.4. The van der Waals surface area contributed by atoms with Crippen molar-refractivity contribution in [1.82, 2.24) is 0 Å². The molecule has 0 N–H and O–H groups in total. The Morgan fingerprint density at radius 1 is 0.536 bits per heavy atom. The summed E-state index contributed by atoms with van der Waals surface area (Å²) in [6, 6.07) is 29.3. The third kappa shape index (κ3) is 4.93. The lowest BCUT2D eigenvalue weighted by atomic mass is 9.81. The molecule has 146 valence electrons. The van der Waals surface area contributed by atoms with Gasteiger partial charge in [0.1, 0.15) is 0 Å². The highest BCUT2D eigenvalue weighted by atomic mass is 14.2. The normalized spacial score (nSPS) is 12.4. The fraction of sp³-hybridized carbons (Fsp3) is 0.357. The van der Waals surface area contributed by atoms with Gasteiger partial charge in [-0.2, -0.15) is 0 Å². The van der Waals surface area contributed by atoms with Crippen molar-refractivity contribution < 1.29 is 0 Å². The first kappa shape index (κ1) is 20.4. The van der Waals surface area contributed by atoms with Crippen LogP contribution in [0.3, 0.4) is 0 Å². The van der Waals surface area contributed by atoms with E-state index in [0.29, 0.717) is 5.92 Å². The summed E-state index contributed by atoms with van der Waals surface area (Å²) < 4.78 is 0. The Labute approximate surface area is 171 Å². The van der Waals surface area contributed by atoms with Crippen molar-refractivity contribution in [1.29, 1.82) is 0 Å². The second kappa shape index (κ2) is 7.95. The lowest BCUT2D eigenvalue weighted by Crippen LogP contribution is -2.13. The number of hydrogen-bond donors (Lipinski definition) is 0. The first-order chi connectivity index (χ1) is 13.1. The maximum atomic E-state index is 2.33. The van der Waals surface area contributed by atoms with E-state index in [-0.39, 0.29) is 10.8 Å². The molecular formula is C28H34. The molecule has 0 amide bonds. The Balaban J connectivity index is 1.98. The van der Waals surface area contributed by atoms with Crippen molar-refractivity contribution in [3.8, 4) is 0 Å².